The van der Waals surface area contributed by atoms with Crippen molar-refractivity contribution in [3.63, 3.8) is 0 Å². The minimum absolute atomic E-state index is 0.0330. The van der Waals surface area contributed by atoms with Crippen LogP contribution < -0.4 is 11.3 Å². The molecule has 2 heterocycles. The average molecular weight is 435 g/mol. The number of aromatic nitrogens is 4. The summed E-state index contributed by atoms with van der Waals surface area (Å²) >= 11 is 0. The molecule has 15 nitrogen and oxygen atoms in total. The third kappa shape index (κ3) is 6.59. The molecule has 15 heteroatoms. The topological polar surface area (TPSA) is 280 Å². The Kier molecular flexibility index (Phi) is 10.1. The normalized spacial score (nSPS) is 17.4. The van der Waals surface area contributed by atoms with Crippen LogP contribution in [-0.2, 0) is 0 Å². The number of aromatic amines is 1. The van der Waals surface area contributed by atoms with Gasteiger partial charge < -0.3 is 51.7 Å². The smallest absolute Gasteiger partial charge is 0.280 e. The van der Waals surface area contributed by atoms with Crippen molar-refractivity contribution in [3.8, 4) is 0 Å². The molecule has 12 N–H and O–H groups in total. The highest BCUT2D eigenvalue weighted by atomic mass is 16.4. The van der Waals surface area contributed by atoms with Crippen molar-refractivity contribution in [2.24, 2.45) is 0 Å². The number of nitrogens with zero attached hydrogens (tertiary/aromatic N) is 3. The number of H-pyrrole nitrogens is 1. The number of aliphatic hydroxyl groups excluding tert-OH is 9. The molecule has 0 aliphatic heterocycles. The van der Waals surface area contributed by atoms with Crippen molar-refractivity contribution in [2.75, 3.05) is 25.6 Å². The molecule has 2 rings (SSSR count). The van der Waals surface area contributed by atoms with Crippen LogP contribution in [-0.4, -0.2) is 116 Å². The van der Waals surface area contributed by atoms with E-state index in [1.165, 1.54) is 0 Å². The molecule has 30 heavy (non-hydrogen) atoms. The summed E-state index contributed by atoms with van der Waals surface area (Å²) < 4.78 is 0. The maximum absolute atomic E-state index is 11.5. The quantitative estimate of drug-likeness (QED) is 0.184. The van der Waals surface area contributed by atoms with E-state index in [-0.39, 0.29) is 22.8 Å². The van der Waals surface area contributed by atoms with E-state index in [1.807, 2.05) is 0 Å². The molecule has 2 aromatic rings. The fraction of sp³-hybridized carbons (Fsp3) is 0.600. The number of hydrogen-bond donors (Lipinski definition) is 11. The maximum Gasteiger partial charge on any atom is 0.280 e. The maximum atomic E-state index is 11.5. The summed E-state index contributed by atoms with van der Waals surface area (Å²) in [5, 5.41) is 79.8. The zero-order valence-corrected chi connectivity index (χ0v) is 15.5. The van der Waals surface area contributed by atoms with Crippen molar-refractivity contribution in [3.05, 3.63) is 22.2 Å². The van der Waals surface area contributed by atoms with Crippen LogP contribution in [0.4, 0.5) is 5.95 Å². The molecule has 0 bridgehead atoms. The Balaban J connectivity index is 0.000000329. The first-order chi connectivity index (χ1) is 14.1. The fourth-order valence-electron chi connectivity index (χ4n) is 2.06. The molecule has 0 aliphatic carbocycles. The van der Waals surface area contributed by atoms with Gasteiger partial charge in [0.15, 0.2) is 11.2 Å². The van der Waals surface area contributed by atoms with Gasteiger partial charge in [-0.15, -0.1) is 0 Å². The zero-order valence-electron chi connectivity index (χ0n) is 15.5. The first-order valence-electron chi connectivity index (χ1n) is 8.50. The summed E-state index contributed by atoms with van der Waals surface area (Å²) in [5.74, 6) is -0.0921. The fourth-order valence-corrected chi connectivity index (χ4v) is 2.06. The van der Waals surface area contributed by atoms with Crippen molar-refractivity contribution in [1.82, 2.24) is 19.9 Å². The van der Waals surface area contributed by atoms with E-state index in [9.17, 15) is 15.0 Å². The van der Waals surface area contributed by atoms with E-state index in [2.05, 4.69) is 19.9 Å². The molecule has 0 spiro atoms. The summed E-state index contributed by atoms with van der Waals surface area (Å²) in [5.41, 5.74) is 4.62. The lowest BCUT2D eigenvalue weighted by Crippen LogP contribution is -2.46. The summed E-state index contributed by atoms with van der Waals surface area (Å²) in [6.45, 7) is -2.09. The van der Waals surface area contributed by atoms with Gasteiger partial charge in [-0.05, 0) is 0 Å². The minimum Gasteiger partial charge on any atom is -0.394 e. The highest BCUT2D eigenvalue weighted by Gasteiger charge is 2.29. The number of fused-ring (bicyclic) bond motifs is 1. The molecule has 0 radical (unpaired) electrons. The van der Waals surface area contributed by atoms with E-state index < -0.39 is 62.0 Å². The van der Waals surface area contributed by atoms with E-state index in [0.29, 0.717) is 0 Å². The van der Waals surface area contributed by atoms with Crippen LogP contribution >= 0.6 is 0 Å². The second kappa shape index (κ2) is 11.7. The third-order valence-electron chi connectivity index (χ3n) is 3.82. The van der Waals surface area contributed by atoms with Crippen molar-refractivity contribution in [2.45, 2.75) is 36.6 Å². The molecule has 0 fully saturated rings. The van der Waals surface area contributed by atoms with Gasteiger partial charge in [0.1, 0.15) is 36.6 Å². The van der Waals surface area contributed by atoms with E-state index >= 15 is 0 Å². The molecular weight excluding hydrogens is 410 g/mol. The molecule has 6 atom stereocenters. The summed E-state index contributed by atoms with van der Waals surface area (Å²) in [6, 6.07) is 0. The summed E-state index contributed by atoms with van der Waals surface area (Å²) in [6.07, 6.45) is -8.09. The summed E-state index contributed by atoms with van der Waals surface area (Å²) in [7, 11) is 0. The number of aliphatic hydroxyl groups is 9. The monoisotopic (exact) mass is 435 g/mol. The number of nitrogens with one attached hydrogen (secondary N) is 1. The van der Waals surface area contributed by atoms with Gasteiger partial charge in [0.05, 0.1) is 31.7 Å². The van der Waals surface area contributed by atoms with Gasteiger partial charge in [0, 0.05) is 0 Å². The van der Waals surface area contributed by atoms with Crippen LogP contribution in [0.2, 0.25) is 0 Å². The minimum atomic E-state index is -1.67. The Labute approximate surface area is 168 Å². The second-order valence-corrected chi connectivity index (χ2v) is 6.09. The molecule has 0 unspecified atom stereocenters. The standard InChI is InChI=1S/C9H11N5O4.C6H14O6/c10-9-13-7-5(8(18)14-9)12-3(1-11-7)6(17)4(16)2-15;7-1-3(9)5(11)6(12)4(10)2-8/h1,4,6,15-17H,2H2,(H3,10,11,13,14,18);3-12H,1-2H2/t4-,6+;3-,4-,5-,6-/m11/s1. The number of rotatable bonds is 8. The van der Waals surface area contributed by atoms with E-state index in [0.717, 1.165) is 6.20 Å². The van der Waals surface area contributed by atoms with Gasteiger partial charge >= 0.3 is 0 Å². The summed E-state index contributed by atoms with van der Waals surface area (Å²) in [4.78, 5) is 25.2. The Morgan fingerprint density at radius 3 is 1.83 bits per heavy atom. The first kappa shape index (κ1) is 25.7. The molecule has 0 saturated carbocycles. The van der Waals surface area contributed by atoms with Gasteiger partial charge in [-0.2, -0.15) is 4.98 Å². The van der Waals surface area contributed by atoms with Crippen LogP contribution in [0.25, 0.3) is 11.2 Å². The van der Waals surface area contributed by atoms with Crippen LogP contribution in [0.5, 0.6) is 0 Å². The molecule has 0 aromatic carbocycles. The third-order valence-corrected chi connectivity index (χ3v) is 3.82. The number of anilines is 1. The van der Waals surface area contributed by atoms with Gasteiger partial charge in [0.2, 0.25) is 5.95 Å². The molecule has 0 amide bonds. The number of nitrogen functional groups attached to an aromatic ring is 1. The van der Waals surface area contributed by atoms with Crippen LogP contribution in [0.3, 0.4) is 0 Å². The number of nitrogens with two attached hydrogens (primary N) is 1. The lowest BCUT2D eigenvalue weighted by Gasteiger charge is -2.24. The Hall–Kier alpha value is -2.34. The predicted molar refractivity (Wildman–Crippen MR) is 98.6 cm³/mol. The largest absolute Gasteiger partial charge is 0.394 e. The van der Waals surface area contributed by atoms with Gasteiger partial charge in [0.25, 0.3) is 5.56 Å². The van der Waals surface area contributed by atoms with Crippen LogP contribution in [0.15, 0.2) is 11.0 Å². The Morgan fingerprint density at radius 2 is 1.37 bits per heavy atom. The molecule has 0 aliphatic rings. The highest BCUT2D eigenvalue weighted by Crippen LogP contribution is 2.15. The van der Waals surface area contributed by atoms with Gasteiger partial charge in [-0.3, -0.25) is 9.78 Å². The molecule has 0 saturated heterocycles. The number of hydrogen-bond acceptors (Lipinski definition) is 14. The lowest BCUT2D eigenvalue weighted by atomic mass is 10.0. The van der Waals surface area contributed by atoms with Crippen molar-refractivity contribution in [1.29, 1.82) is 0 Å². The Morgan fingerprint density at radius 1 is 0.867 bits per heavy atom. The lowest BCUT2D eigenvalue weighted by molar-refractivity contribution is -0.123. The predicted octanol–water partition coefficient (Wildman–Crippen LogP) is -5.90. The van der Waals surface area contributed by atoms with Crippen molar-refractivity contribution >= 4 is 17.1 Å². The molecule has 170 valence electrons. The van der Waals surface area contributed by atoms with Crippen molar-refractivity contribution < 1.29 is 46.0 Å². The average Bonchev–Trinajstić information content (AvgIpc) is 2.75. The SMILES string of the molecule is Nc1nc2ncc([C@H](O)[C@H](O)CO)nc2c(=O)[nH]1.OC[C@@H](O)[C@@H](O)[C@H](O)[C@H](O)CO. The van der Waals surface area contributed by atoms with E-state index in [1.54, 1.807) is 0 Å². The first-order valence-corrected chi connectivity index (χ1v) is 8.50. The molecular formula is C15H25N5O10. The van der Waals surface area contributed by atoms with E-state index in [4.69, 9.17) is 41.5 Å². The second-order valence-electron chi connectivity index (χ2n) is 6.09. The van der Waals surface area contributed by atoms with Crippen LogP contribution in [0.1, 0.15) is 11.8 Å². The zero-order chi connectivity index (χ0) is 23.0. The molecule has 2 aromatic heterocycles. The van der Waals surface area contributed by atoms with Gasteiger partial charge in [-0.1, -0.05) is 0 Å². The van der Waals surface area contributed by atoms with Gasteiger partial charge in [-0.25, -0.2) is 9.97 Å². The Bertz CT molecular complexity index is 838. The van der Waals surface area contributed by atoms with Crippen LogP contribution in [0, 0.1) is 0 Å². The highest BCUT2D eigenvalue weighted by molar-refractivity contribution is 5.69.